The number of nitrogens with zero attached hydrogens (tertiary/aromatic N) is 3. The second-order valence-electron chi connectivity index (χ2n) is 8.63. The quantitative estimate of drug-likeness (QED) is 0.534. The van der Waals surface area contributed by atoms with Gasteiger partial charge < -0.3 is 34.1 Å². The van der Waals surface area contributed by atoms with Gasteiger partial charge in [0.1, 0.15) is 22.8 Å². The van der Waals surface area contributed by atoms with Gasteiger partial charge in [0.15, 0.2) is 5.96 Å². The summed E-state index contributed by atoms with van der Waals surface area (Å²) in [6.07, 6.45) is 0.449. The largest absolute Gasteiger partial charge is 0.496 e. The van der Waals surface area contributed by atoms with Crippen molar-refractivity contribution in [2.24, 2.45) is 4.99 Å². The molecule has 9 nitrogen and oxygen atoms in total. The number of benzene rings is 1. The smallest absolute Gasteiger partial charge is 0.410 e. The molecule has 0 spiro atoms. The first-order valence-electron chi connectivity index (χ1n) is 10.6. The number of carbonyl (C=O) groups excluding carboxylic acids is 1. The Hall–Kier alpha value is -2.11. The van der Waals surface area contributed by atoms with E-state index in [-0.39, 0.29) is 36.1 Å². The lowest BCUT2D eigenvalue weighted by atomic mass is 10.1. The molecular formula is C22H35IN4O5. The molecule has 10 heteroatoms. The van der Waals surface area contributed by atoms with E-state index >= 15 is 0 Å². The van der Waals surface area contributed by atoms with Crippen LogP contribution in [0.1, 0.15) is 26.3 Å². The molecule has 3 rings (SSSR count). The van der Waals surface area contributed by atoms with E-state index in [4.69, 9.17) is 18.9 Å². The standard InChI is InChI=1S/C22H34N4O5.HI/c1-22(2,3)31-21(27)25-9-10-26-15(14-25)13-24-20(26)23-8-7-17-18(29-5)11-16(28-4)12-19(17)30-6;/h11-12,15H,7-10,13-14H2,1-6H3,(H,23,24);1H. The van der Waals surface area contributed by atoms with Gasteiger partial charge in [-0.05, 0) is 27.2 Å². The molecule has 0 aliphatic carbocycles. The Balaban J connectivity index is 0.00000363. The average molecular weight is 562 g/mol. The van der Waals surface area contributed by atoms with Crippen molar-refractivity contribution >= 4 is 36.0 Å². The van der Waals surface area contributed by atoms with E-state index in [0.717, 1.165) is 29.6 Å². The van der Waals surface area contributed by atoms with E-state index in [0.29, 0.717) is 38.3 Å². The van der Waals surface area contributed by atoms with Crippen LogP contribution in [0.15, 0.2) is 17.1 Å². The van der Waals surface area contributed by atoms with Gasteiger partial charge in [-0.3, -0.25) is 4.99 Å². The Morgan fingerprint density at radius 1 is 1.12 bits per heavy atom. The molecule has 1 aromatic carbocycles. The summed E-state index contributed by atoms with van der Waals surface area (Å²) in [6.45, 7) is 8.95. The van der Waals surface area contributed by atoms with Gasteiger partial charge in [0.2, 0.25) is 0 Å². The van der Waals surface area contributed by atoms with Crippen LogP contribution in [-0.2, 0) is 11.2 Å². The summed E-state index contributed by atoms with van der Waals surface area (Å²) in [6, 6.07) is 3.89. The Kier molecular flexibility index (Phi) is 9.11. The number of guanidine groups is 1. The highest BCUT2D eigenvalue weighted by Crippen LogP contribution is 2.34. The molecule has 32 heavy (non-hydrogen) atoms. The highest BCUT2D eigenvalue weighted by molar-refractivity contribution is 14.0. The summed E-state index contributed by atoms with van der Waals surface area (Å²) in [5.41, 5.74) is 0.486. The first-order chi connectivity index (χ1) is 14.8. The van der Waals surface area contributed by atoms with E-state index in [2.05, 4.69) is 15.2 Å². The minimum atomic E-state index is -0.489. The number of carbonyl (C=O) groups is 1. The van der Waals surface area contributed by atoms with Crippen molar-refractivity contribution in [1.82, 2.24) is 15.1 Å². The van der Waals surface area contributed by atoms with Crippen molar-refractivity contribution in [1.29, 1.82) is 0 Å². The van der Waals surface area contributed by atoms with Gasteiger partial charge in [-0.1, -0.05) is 0 Å². The van der Waals surface area contributed by atoms with Crippen LogP contribution in [0.4, 0.5) is 4.79 Å². The number of hydrogen-bond donors (Lipinski definition) is 1. The van der Waals surface area contributed by atoms with Gasteiger partial charge in [-0.25, -0.2) is 4.79 Å². The van der Waals surface area contributed by atoms with E-state index in [9.17, 15) is 4.79 Å². The average Bonchev–Trinajstić information content (AvgIpc) is 3.14. The van der Waals surface area contributed by atoms with Crippen LogP contribution in [0, 0.1) is 0 Å². The van der Waals surface area contributed by atoms with Crippen molar-refractivity contribution in [2.45, 2.75) is 38.8 Å². The summed E-state index contributed by atoms with van der Waals surface area (Å²) in [5, 5.41) is 3.44. The second kappa shape index (κ2) is 11.2. The Bertz CT molecular complexity index is 802. The van der Waals surface area contributed by atoms with Gasteiger partial charge in [-0.15, -0.1) is 24.0 Å². The second-order valence-corrected chi connectivity index (χ2v) is 8.63. The van der Waals surface area contributed by atoms with Crippen molar-refractivity contribution in [2.75, 3.05) is 54.1 Å². The molecule has 1 fully saturated rings. The Morgan fingerprint density at radius 3 is 2.34 bits per heavy atom. The summed E-state index contributed by atoms with van der Waals surface area (Å²) in [7, 11) is 4.90. The van der Waals surface area contributed by atoms with Crippen molar-refractivity contribution in [3.05, 3.63) is 17.7 Å². The predicted molar refractivity (Wildman–Crippen MR) is 134 cm³/mol. The van der Waals surface area contributed by atoms with Crippen LogP contribution in [0.5, 0.6) is 17.2 Å². The van der Waals surface area contributed by atoms with Gasteiger partial charge >= 0.3 is 6.09 Å². The number of rotatable bonds is 6. The number of ether oxygens (including phenoxy) is 4. The van der Waals surface area contributed by atoms with E-state index in [1.165, 1.54) is 0 Å². The van der Waals surface area contributed by atoms with Crippen LogP contribution < -0.4 is 19.5 Å². The van der Waals surface area contributed by atoms with Crippen LogP contribution in [0.25, 0.3) is 0 Å². The molecule has 1 N–H and O–H groups in total. The third kappa shape index (κ3) is 6.23. The number of nitrogens with one attached hydrogen (secondary N) is 1. The lowest BCUT2D eigenvalue weighted by molar-refractivity contribution is 0.0137. The van der Waals surface area contributed by atoms with E-state index < -0.39 is 5.60 Å². The SMILES string of the molecule is COc1cc(OC)c(CCNC2=NCC3CN(C(=O)OC(C)(C)C)CCN23)c(OC)c1.I. The zero-order valence-corrected chi connectivity index (χ0v) is 22.1. The third-order valence-electron chi connectivity index (χ3n) is 5.33. The van der Waals surface area contributed by atoms with Crippen LogP contribution in [0.2, 0.25) is 0 Å². The highest BCUT2D eigenvalue weighted by Gasteiger charge is 2.36. The maximum Gasteiger partial charge on any atom is 0.410 e. The monoisotopic (exact) mass is 562 g/mol. The van der Waals surface area contributed by atoms with Crippen molar-refractivity contribution in [3.63, 3.8) is 0 Å². The summed E-state index contributed by atoms with van der Waals surface area (Å²) < 4.78 is 21.9. The molecule has 1 aromatic rings. The molecule has 180 valence electrons. The molecule has 0 saturated carbocycles. The lowest BCUT2D eigenvalue weighted by Gasteiger charge is -2.39. The maximum absolute atomic E-state index is 12.4. The minimum absolute atomic E-state index is 0. The summed E-state index contributed by atoms with van der Waals surface area (Å²) >= 11 is 0. The van der Waals surface area contributed by atoms with Gasteiger partial charge in [-0.2, -0.15) is 0 Å². The molecule has 1 amide bonds. The summed E-state index contributed by atoms with van der Waals surface area (Å²) in [5.74, 6) is 3.03. The number of amides is 1. The fourth-order valence-electron chi connectivity index (χ4n) is 3.85. The van der Waals surface area contributed by atoms with Gasteiger partial charge in [0.25, 0.3) is 0 Å². The zero-order valence-electron chi connectivity index (χ0n) is 19.8. The van der Waals surface area contributed by atoms with Crippen LogP contribution >= 0.6 is 24.0 Å². The molecule has 2 heterocycles. The maximum atomic E-state index is 12.4. The van der Waals surface area contributed by atoms with E-state index in [1.54, 1.807) is 26.2 Å². The Morgan fingerprint density at radius 2 is 1.78 bits per heavy atom. The molecule has 0 aromatic heterocycles. The predicted octanol–water partition coefficient (Wildman–Crippen LogP) is 2.75. The fraction of sp³-hybridized carbons (Fsp3) is 0.636. The zero-order chi connectivity index (χ0) is 22.6. The lowest BCUT2D eigenvalue weighted by Crippen LogP contribution is -2.57. The number of halogens is 1. The van der Waals surface area contributed by atoms with Crippen LogP contribution in [0.3, 0.4) is 0 Å². The Labute approximate surface area is 207 Å². The first-order valence-corrected chi connectivity index (χ1v) is 10.6. The van der Waals surface area contributed by atoms with Gasteiger partial charge in [0.05, 0.1) is 33.9 Å². The fourth-order valence-corrected chi connectivity index (χ4v) is 3.85. The molecule has 1 saturated heterocycles. The number of hydrogen-bond acceptors (Lipinski definition) is 8. The highest BCUT2D eigenvalue weighted by atomic mass is 127. The molecule has 2 aliphatic heterocycles. The molecule has 0 bridgehead atoms. The summed E-state index contributed by atoms with van der Waals surface area (Å²) in [4.78, 5) is 21.1. The number of aliphatic imine (C=N–C) groups is 1. The van der Waals surface area contributed by atoms with Gasteiger partial charge in [0, 0.05) is 43.9 Å². The van der Waals surface area contributed by atoms with Crippen LogP contribution in [-0.4, -0.2) is 87.5 Å². The third-order valence-corrected chi connectivity index (χ3v) is 5.33. The minimum Gasteiger partial charge on any atom is -0.496 e. The first kappa shape index (κ1) is 26.1. The van der Waals surface area contributed by atoms with Crippen molar-refractivity contribution in [3.8, 4) is 17.2 Å². The molecule has 2 aliphatic rings. The van der Waals surface area contributed by atoms with E-state index in [1.807, 2.05) is 32.9 Å². The number of piperazine rings is 1. The topological polar surface area (TPSA) is 84.9 Å². The van der Waals surface area contributed by atoms with Crippen molar-refractivity contribution < 1.29 is 23.7 Å². The normalized spacial score (nSPS) is 17.7. The molecule has 1 atom stereocenters. The number of fused-ring (bicyclic) bond motifs is 1. The number of methoxy groups -OCH3 is 3. The molecule has 0 radical (unpaired) electrons. The molecular weight excluding hydrogens is 527 g/mol. The molecule has 1 unspecified atom stereocenters.